The second kappa shape index (κ2) is 6.17. The van der Waals surface area contributed by atoms with Gasteiger partial charge in [0.25, 0.3) is 10.0 Å². The van der Waals surface area contributed by atoms with Crippen molar-refractivity contribution in [2.45, 2.75) is 18.2 Å². The molecular formula is C13H15FN2O3S. The Labute approximate surface area is 116 Å². The minimum absolute atomic E-state index is 0.00214. The summed E-state index contributed by atoms with van der Waals surface area (Å²) in [6, 6.07) is 8.72. The van der Waals surface area contributed by atoms with Crippen LogP contribution >= 0.6 is 0 Å². The van der Waals surface area contributed by atoms with E-state index in [2.05, 4.69) is 10.0 Å². The first-order chi connectivity index (χ1) is 9.51. The average molecular weight is 298 g/mol. The van der Waals surface area contributed by atoms with Gasteiger partial charge in [-0.2, -0.15) is 0 Å². The van der Waals surface area contributed by atoms with Crippen LogP contribution in [0.5, 0.6) is 0 Å². The fourth-order valence-electron chi connectivity index (χ4n) is 1.67. The van der Waals surface area contributed by atoms with Gasteiger partial charge >= 0.3 is 0 Å². The molecule has 0 amide bonds. The Morgan fingerprint density at radius 1 is 1.20 bits per heavy atom. The summed E-state index contributed by atoms with van der Waals surface area (Å²) >= 11 is 0. The molecule has 20 heavy (non-hydrogen) atoms. The largest absolute Gasteiger partial charge is 0.447 e. The molecule has 0 aliphatic rings. The second-order valence-corrected chi connectivity index (χ2v) is 5.90. The first-order valence-corrected chi connectivity index (χ1v) is 7.47. The summed E-state index contributed by atoms with van der Waals surface area (Å²) in [6.45, 7) is 0.446. The fraction of sp³-hybridized carbons (Fsp3) is 0.231. The van der Waals surface area contributed by atoms with E-state index < -0.39 is 15.8 Å². The fourth-order valence-corrected chi connectivity index (χ4v) is 2.63. The molecule has 5 nitrogen and oxygen atoms in total. The van der Waals surface area contributed by atoms with Gasteiger partial charge in [0.2, 0.25) is 5.09 Å². The van der Waals surface area contributed by atoms with Crippen LogP contribution in [0.3, 0.4) is 0 Å². The summed E-state index contributed by atoms with van der Waals surface area (Å²) in [6.07, 6.45) is 0. The van der Waals surface area contributed by atoms with Crippen LogP contribution in [0.25, 0.3) is 0 Å². The van der Waals surface area contributed by atoms with Crippen molar-refractivity contribution >= 4 is 10.0 Å². The molecule has 108 valence electrons. The molecule has 0 aliphatic heterocycles. The predicted octanol–water partition coefficient (Wildman–Crippen LogP) is 1.62. The smallest absolute Gasteiger partial charge is 0.274 e. The lowest BCUT2D eigenvalue weighted by atomic mass is 10.2. The number of furan rings is 1. The number of hydrogen-bond donors (Lipinski definition) is 2. The van der Waals surface area contributed by atoms with Crippen molar-refractivity contribution in [2.24, 2.45) is 0 Å². The van der Waals surface area contributed by atoms with Gasteiger partial charge in [-0.25, -0.2) is 17.5 Å². The van der Waals surface area contributed by atoms with Gasteiger partial charge in [0, 0.05) is 6.54 Å². The van der Waals surface area contributed by atoms with Crippen LogP contribution in [0.15, 0.2) is 45.9 Å². The summed E-state index contributed by atoms with van der Waals surface area (Å²) in [4.78, 5) is 0. The number of hydrogen-bond acceptors (Lipinski definition) is 4. The lowest BCUT2D eigenvalue weighted by molar-refractivity contribution is 0.404. The minimum Gasteiger partial charge on any atom is -0.447 e. The number of benzene rings is 1. The molecular weight excluding hydrogens is 283 g/mol. The SMILES string of the molecule is CNCc1ccc(S(=O)(=O)NCc2cccc(F)c2)o1. The maximum Gasteiger partial charge on any atom is 0.274 e. The summed E-state index contributed by atoms with van der Waals surface area (Å²) in [5, 5.41) is 2.71. The van der Waals surface area contributed by atoms with Gasteiger partial charge < -0.3 is 9.73 Å². The molecule has 0 spiro atoms. The monoisotopic (exact) mass is 298 g/mol. The predicted molar refractivity (Wildman–Crippen MR) is 71.9 cm³/mol. The minimum atomic E-state index is -3.74. The first kappa shape index (κ1) is 14.7. The molecule has 0 radical (unpaired) electrons. The summed E-state index contributed by atoms with van der Waals surface area (Å²) < 4.78 is 44.6. The Balaban J connectivity index is 2.06. The van der Waals surface area contributed by atoms with Gasteiger partial charge in [-0.15, -0.1) is 0 Å². The number of nitrogens with one attached hydrogen (secondary N) is 2. The third kappa shape index (κ3) is 3.66. The molecule has 0 unspecified atom stereocenters. The van der Waals surface area contributed by atoms with Crippen molar-refractivity contribution < 1.29 is 17.2 Å². The van der Waals surface area contributed by atoms with Crippen LogP contribution < -0.4 is 10.0 Å². The topological polar surface area (TPSA) is 71.3 Å². The zero-order valence-electron chi connectivity index (χ0n) is 10.9. The van der Waals surface area contributed by atoms with Crippen molar-refractivity contribution in [3.05, 3.63) is 53.5 Å². The van der Waals surface area contributed by atoms with Gasteiger partial charge in [-0.05, 0) is 36.9 Å². The molecule has 1 aromatic carbocycles. The molecule has 2 rings (SSSR count). The highest BCUT2D eigenvalue weighted by Gasteiger charge is 2.18. The second-order valence-electron chi connectivity index (χ2n) is 4.21. The first-order valence-electron chi connectivity index (χ1n) is 5.99. The molecule has 0 aliphatic carbocycles. The van der Waals surface area contributed by atoms with E-state index in [0.29, 0.717) is 17.9 Å². The van der Waals surface area contributed by atoms with Crippen molar-refractivity contribution in [1.29, 1.82) is 0 Å². The Hall–Kier alpha value is -1.70. The van der Waals surface area contributed by atoms with Crippen molar-refractivity contribution in [3.63, 3.8) is 0 Å². The molecule has 0 fully saturated rings. The van der Waals surface area contributed by atoms with E-state index in [0.717, 1.165) is 0 Å². The molecule has 1 aromatic heterocycles. The lowest BCUT2D eigenvalue weighted by Crippen LogP contribution is -2.22. The molecule has 1 heterocycles. The van der Waals surface area contributed by atoms with E-state index in [9.17, 15) is 12.8 Å². The molecule has 7 heteroatoms. The maximum absolute atomic E-state index is 13.0. The molecule has 0 bridgehead atoms. The molecule has 0 atom stereocenters. The molecule has 2 aromatic rings. The standard InChI is InChI=1S/C13H15FN2O3S/c1-15-9-12-5-6-13(19-12)20(17,18)16-8-10-3-2-4-11(14)7-10/h2-7,15-16H,8-9H2,1H3. The van der Waals surface area contributed by atoms with E-state index in [-0.39, 0.29) is 11.6 Å². The Kier molecular flexibility index (Phi) is 4.53. The Bertz CT molecular complexity index is 682. The third-order valence-corrected chi connectivity index (χ3v) is 3.88. The van der Waals surface area contributed by atoms with Gasteiger partial charge in [-0.1, -0.05) is 12.1 Å². The third-order valence-electron chi connectivity index (χ3n) is 2.61. The van der Waals surface area contributed by atoms with Gasteiger partial charge in [0.05, 0.1) is 6.54 Å². The van der Waals surface area contributed by atoms with Crippen molar-refractivity contribution in [1.82, 2.24) is 10.0 Å². The summed E-state index contributed by atoms with van der Waals surface area (Å²) in [7, 11) is -2.00. The van der Waals surface area contributed by atoms with Gasteiger partial charge in [0.15, 0.2) is 0 Å². The van der Waals surface area contributed by atoms with E-state index in [4.69, 9.17) is 4.42 Å². The number of rotatable bonds is 6. The molecule has 0 saturated heterocycles. The van der Waals surface area contributed by atoms with Crippen molar-refractivity contribution in [3.8, 4) is 0 Å². The van der Waals surface area contributed by atoms with E-state index in [1.54, 1.807) is 19.2 Å². The van der Waals surface area contributed by atoms with Crippen molar-refractivity contribution in [2.75, 3.05) is 7.05 Å². The van der Waals surface area contributed by atoms with Crippen LogP contribution in [0.4, 0.5) is 4.39 Å². The van der Waals surface area contributed by atoms with E-state index in [1.807, 2.05) is 0 Å². The van der Waals surface area contributed by atoms with Crippen LogP contribution in [-0.2, 0) is 23.1 Å². The quantitative estimate of drug-likeness (QED) is 0.850. The van der Waals surface area contributed by atoms with Crippen LogP contribution in [0.2, 0.25) is 0 Å². The maximum atomic E-state index is 13.0. The average Bonchev–Trinajstić information content (AvgIpc) is 2.87. The normalized spacial score (nSPS) is 11.7. The van der Waals surface area contributed by atoms with Crippen LogP contribution in [0, 0.1) is 5.82 Å². The van der Waals surface area contributed by atoms with Crippen LogP contribution in [0.1, 0.15) is 11.3 Å². The summed E-state index contributed by atoms with van der Waals surface area (Å²) in [5.74, 6) is 0.120. The zero-order valence-corrected chi connectivity index (χ0v) is 11.7. The molecule has 0 saturated carbocycles. The lowest BCUT2D eigenvalue weighted by Gasteiger charge is -2.04. The van der Waals surface area contributed by atoms with Gasteiger partial charge in [-0.3, -0.25) is 0 Å². The number of sulfonamides is 1. The number of halogens is 1. The van der Waals surface area contributed by atoms with E-state index >= 15 is 0 Å². The molecule has 2 N–H and O–H groups in total. The highest BCUT2D eigenvalue weighted by molar-refractivity contribution is 7.89. The highest BCUT2D eigenvalue weighted by Crippen LogP contribution is 2.14. The van der Waals surface area contributed by atoms with E-state index in [1.165, 1.54) is 24.3 Å². The summed E-state index contributed by atoms with van der Waals surface area (Å²) in [5.41, 5.74) is 0.538. The Morgan fingerprint density at radius 3 is 2.70 bits per heavy atom. The highest BCUT2D eigenvalue weighted by atomic mass is 32.2. The Morgan fingerprint density at radius 2 is 2.00 bits per heavy atom. The van der Waals surface area contributed by atoms with Gasteiger partial charge in [0.1, 0.15) is 11.6 Å². The van der Waals surface area contributed by atoms with Crippen LogP contribution in [-0.4, -0.2) is 15.5 Å². The zero-order chi connectivity index (χ0) is 14.6.